The third-order valence-electron chi connectivity index (χ3n) is 4.15. The fourth-order valence-corrected chi connectivity index (χ4v) is 3.75. The predicted molar refractivity (Wildman–Crippen MR) is 106 cm³/mol. The third-order valence-corrected chi connectivity index (χ3v) is 5.23. The molecule has 4 rings (SSSR count). The molecule has 0 atom stereocenters. The minimum absolute atomic E-state index is 0.00446. The van der Waals surface area contributed by atoms with Crippen LogP contribution < -0.4 is 9.47 Å². The lowest BCUT2D eigenvalue weighted by molar-refractivity contribution is -0.0512. The van der Waals surface area contributed by atoms with E-state index in [0.29, 0.717) is 11.4 Å². The zero-order valence-corrected chi connectivity index (χ0v) is 16.1. The van der Waals surface area contributed by atoms with Crippen LogP contribution in [-0.2, 0) is 5.75 Å². The first-order chi connectivity index (χ1) is 14.2. The Balaban J connectivity index is 1.57. The number of ether oxygens (including phenoxy) is 2. The SMILES string of the molecule is COc1cc(CSc2ncnc3c2cnn3-c2ccccc2)ccc1OC(F)F. The van der Waals surface area contributed by atoms with Gasteiger partial charge in [-0.3, -0.25) is 0 Å². The molecular weight excluding hydrogens is 398 g/mol. The molecular formula is C20H16F2N4O2S. The van der Waals surface area contributed by atoms with Gasteiger partial charge in [-0.2, -0.15) is 13.9 Å². The maximum absolute atomic E-state index is 12.5. The van der Waals surface area contributed by atoms with Gasteiger partial charge in [-0.05, 0) is 29.8 Å². The van der Waals surface area contributed by atoms with Gasteiger partial charge in [0.15, 0.2) is 17.1 Å². The largest absolute Gasteiger partial charge is 0.493 e. The van der Waals surface area contributed by atoms with Gasteiger partial charge in [0.1, 0.15) is 11.4 Å². The number of hydrogen-bond donors (Lipinski definition) is 0. The first-order valence-electron chi connectivity index (χ1n) is 8.64. The van der Waals surface area contributed by atoms with E-state index in [2.05, 4.69) is 19.8 Å². The van der Waals surface area contributed by atoms with E-state index < -0.39 is 6.61 Å². The molecule has 0 N–H and O–H groups in total. The summed E-state index contributed by atoms with van der Waals surface area (Å²) in [6, 6.07) is 14.6. The highest BCUT2D eigenvalue weighted by molar-refractivity contribution is 7.98. The molecule has 29 heavy (non-hydrogen) atoms. The molecule has 0 saturated carbocycles. The molecule has 0 aliphatic carbocycles. The second kappa shape index (κ2) is 8.44. The summed E-state index contributed by atoms with van der Waals surface area (Å²) in [6.07, 6.45) is 3.25. The van der Waals surface area contributed by atoms with Gasteiger partial charge in [-0.15, -0.1) is 11.8 Å². The molecule has 4 aromatic rings. The normalized spacial score (nSPS) is 11.2. The highest BCUT2D eigenvalue weighted by atomic mass is 32.2. The van der Waals surface area contributed by atoms with Crippen molar-refractivity contribution in [1.82, 2.24) is 19.7 Å². The van der Waals surface area contributed by atoms with Crippen molar-refractivity contribution in [2.45, 2.75) is 17.4 Å². The highest BCUT2D eigenvalue weighted by Crippen LogP contribution is 2.33. The summed E-state index contributed by atoms with van der Waals surface area (Å²) in [5.41, 5.74) is 2.51. The zero-order chi connectivity index (χ0) is 20.2. The van der Waals surface area contributed by atoms with Crippen molar-refractivity contribution in [3.05, 3.63) is 66.6 Å². The van der Waals surface area contributed by atoms with Crippen LogP contribution in [0.1, 0.15) is 5.56 Å². The molecule has 6 nitrogen and oxygen atoms in total. The molecule has 0 fully saturated rings. The molecule has 9 heteroatoms. The van der Waals surface area contributed by atoms with Crippen molar-refractivity contribution in [2.75, 3.05) is 7.11 Å². The number of rotatable bonds is 7. The van der Waals surface area contributed by atoms with E-state index >= 15 is 0 Å². The van der Waals surface area contributed by atoms with Crippen LogP contribution in [0.15, 0.2) is 66.1 Å². The van der Waals surface area contributed by atoms with Crippen molar-refractivity contribution in [3.8, 4) is 17.2 Å². The Morgan fingerprint density at radius 2 is 1.90 bits per heavy atom. The van der Waals surface area contributed by atoms with Gasteiger partial charge in [0.05, 0.1) is 24.4 Å². The van der Waals surface area contributed by atoms with Crippen LogP contribution in [0.4, 0.5) is 8.78 Å². The lowest BCUT2D eigenvalue weighted by Crippen LogP contribution is -2.03. The fraction of sp³-hybridized carbons (Fsp3) is 0.150. The Morgan fingerprint density at radius 3 is 2.66 bits per heavy atom. The molecule has 0 saturated heterocycles. The van der Waals surface area contributed by atoms with E-state index in [4.69, 9.17) is 4.74 Å². The molecule has 2 heterocycles. The lowest BCUT2D eigenvalue weighted by Gasteiger charge is -2.11. The van der Waals surface area contributed by atoms with Crippen LogP contribution in [-0.4, -0.2) is 33.5 Å². The number of hydrogen-bond acceptors (Lipinski definition) is 6. The third kappa shape index (κ3) is 4.14. The van der Waals surface area contributed by atoms with E-state index in [1.165, 1.54) is 31.3 Å². The van der Waals surface area contributed by atoms with Gasteiger partial charge in [0.2, 0.25) is 0 Å². The minimum Gasteiger partial charge on any atom is -0.493 e. The standard InChI is InChI=1S/C20H16F2N4O2S/c1-27-17-9-13(7-8-16(17)28-20(21)22)11-29-19-15-10-25-26(18(15)23-12-24-19)14-5-3-2-4-6-14/h2-10,12,20H,11H2,1H3. The Labute approximate surface area is 169 Å². The number of para-hydroxylation sites is 1. The van der Waals surface area contributed by atoms with Gasteiger partial charge >= 0.3 is 6.61 Å². The van der Waals surface area contributed by atoms with E-state index in [1.54, 1.807) is 23.0 Å². The van der Waals surface area contributed by atoms with Gasteiger partial charge in [0.25, 0.3) is 0 Å². The molecule has 0 spiro atoms. The van der Waals surface area contributed by atoms with Crippen LogP contribution in [0.2, 0.25) is 0 Å². The van der Waals surface area contributed by atoms with Gasteiger partial charge in [-0.1, -0.05) is 24.3 Å². The van der Waals surface area contributed by atoms with Gasteiger partial charge < -0.3 is 9.47 Å². The number of methoxy groups -OCH3 is 1. The summed E-state index contributed by atoms with van der Waals surface area (Å²) in [5, 5.41) is 6.06. The van der Waals surface area contributed by atoms with E-state index in [9.17, 15) is 8.78 Å². The van der Waals surface area contributed by atoms with Crippen molar-refractivity contribution in [2.24, 2.45) is 0 Å². The van der Waals surface area contributed by atoms with E-state index in [-0.39, 0.29) is 11.5 Å². The van der Waals surface area contributed by atoms with Gasteiger partial charge in [0, 0.05) is 5.75 Å². The molecule has 0 aliphatic heterocycles. The molecule has 148 valence electrons. The highest BCUT2D eigenvalue weighted by Gasteiger charge is 2.14. The summed E-state index contributed by atoms with van der Waals surface area (Å²) in [4.78, 5) is 8.74. The van der Waals surface area contributed by atoms with Crippen LogP contribution in [0.25, 0.3) is 16.7 Å². The number of fused-ring (bicyclic) bond motifs is 1. The fourth-order valence-electron chi connectivity index (χ4n) is 2.84. The van der Waals surface area contributed by atoms with Crippen molar-refractivity contribution in [3.63, 3.8) is 0 Å². The number of benzene rings is 2. The summed E-state index contributed by atoms with van der Waals surface area (Å²) in [5.74, 6) is 0.825. The van der Waals surface area contributed by atoms with E-state index in [1.807, 2.05) is 30.3 Å². The lowest BCUT2D eigenvalue weighted by atomic mass is 10.2. The number of thioether (sulfide) groups is 1. The molecule has 0 aliphatic rings. The molecule has 0 amide bonds. The molecule has 0 radical (unpaired) electrons. The number of alkyl halides is 2. The molecule has 0 unspecified atom stereocenters. The van der Waals surface area contributed by atoms with Crippen LogP contribution in [0.3, 0.4) is 0 Å². The van der Waals surface area contributed by atoms with Crippen molar-refractivity contribution >= 4 is 22.8 Å². The Hall–Kier alpha value is -3.20. The quantitative estimate of drug-likeness (QED) is 0.322. The second-order valence-corrected chi connectivity index (χ2v) is 6.92. The maximum Gasteiger partial charge on any atom is 0.387 e. The van der Waals surface area contributed by atoms with Crippen molar-refractivity contribution < 1.29 is 18.3 Å². The first kappa shape index (κ1) is 19.1. The molecule has 2 aromatic heterocycles. The van der Waals surface area contributed by atoms with Crippen LogP contribution in [0.5, 0.6) is 11.5 Å². The van der Waals surface area contributed by atoms with Crippen LogP contribution >= 0.6 is 11.8 Å². The summed E-state index contributed by atoms with van der Waals surface area (Å²) in [6.45, 7) is -2.90. The average molecular weight is 414 g/mol. The second-order valence-electron chi connectivity index (χ2n) is 5.96. The Bertz CT molecular complexity index is 1120. The Morgan fingerprint density at radius 1 is 1.07 bits per heavy atom. The summed E-state index contributed by atoms with van der Waals surface area (Å²) < 4.78 is 36.3. The minimum atomic E-state index is -2.90. The number of halogens is 2. The number of aromatic nitrogens is 4. The topological polar surface area (TPSA) is 62.1 Å². The Kier molecular flexibility index (Phi) is 5.57. The smallest absolute Gasteiger partial charge is 0.387 e. The summed E-state index contributed by atoms with van der Waals surface area (Å²) >= 11 is 1.50. The maximum atomic E-state index is 12.5. The zero-order valence-electron chi connectivity index (χ0n) is 15.3. The summed E-state index contributed by atoms with van der Waals surface area (Å²) in [7, 11) is 1.41. The van der Waals surface area contributed by atoms with Crippen LogP contribution in [0, 0.1) is 0 Å². The molecule has 2 aromatic carbocycles. The number of nitrogens with zero attached hydrogens (tertiary/aromatic N) is 4. The van der Waals surface area contributed by atoms with Gasteiger partial charge in [-0.25, -0.2) is 14.6 Å². The van der Waals surface area contributed by atoms with E-state index in [0.717, 1.165) is 21.7 Å². The first-order valence-corrected chi connectivity index (χ1v) is 9.63. The predicted octanol–water partition coefficient (Wildman–Crippen LogP) is 4.72. The van der Waals surface area contributed by atoms with Crippen molar-refractivity contribution in [1.29, 1.82) is 0 Å². The molecule has 0 bridgehead atoms. The monoisotopic (exact) mass is 414 g/mol. The average Bonchev–Trinajstić information content (AvgIpc) is 3.18.